The fourth-order valence-electron chi connectivity index (χ4n) is 1.87. The zero-order valence-electron chi connectivity index (χ0n) is 9.17. The first-order valence-corrected chi connectivity index (χ1v) is 4.94. The topological polar surface area (TPSA) is 47.4 Å². The molecule has 1 heterocycles. The van der Waals surface area contributed by atoms with Gasteiger partial charge in [0.1, 0.15) is 0 Å². The molecular formula is C10H15N3O2. The first-order valence-electron chi connectivity index (χ1n) is 4.94. The molecule has 1 aromatic heterocycles. The van der Waals surface area contributed by atoms with Gasteiger partial charge in [0.2, 0.25) is 5.91 Å². The van der Waals surface area contributed by atoms with Crippen LogP contribution in [0.25, 0.3) is 0 Å². The van der Waals surface area contributed by atoms with Crippen LogP contribution in [-0.4, -0.2) is 34.9 Å². The molecule has 0 saturated heterocycles. The van der Waals surface area contributed by atoms with Crippen LogP contribution in [-0.2, 0) is 16.7 Å². The molecule has 0 aliphatic heterocycles. The number of rotatable bonds is 3. The molecule has 5 heteroatoms. The first kappa shape index (κ1) is 10.2. The predicted molar refractivity (Wildman–Crippen MR) is 53.8 cm³/mol. The van der Waals surface area contributed by atoms with Crippen molar-refractivity contribution < 1.29 is 9.63 Å². The molecule has 0 bridgehead atoms. The summed E-state index contributed by atoms with van der Waals surface area (Å²) in [6.45, 7) is 0. The molecule has 1 aromatic rings. The number of aryl methyl sites for hydroxylation is 1. The van der Waals surface area contributed by atoms with Gasteiger partial charge in [-0.1, -0.05) is 0 Å². The van der Waals surface area contributed by atoms with Crippen molar-refractivity contribution in [2.45, 2.75) is 12.3 Å². The second-order valence-electron chi connectivity index (χ2n) is 3.85. The summed E-state index contributed by atoms with van der Waals surface area (Å²) >= 11 is 0. The minimum Gasteiger partial charge on any atom is -0.275 e. The van der Waals surface area contributed by atoms with Gasteiger partial charge in [0.05, 0.1) is 7.11 Å². The molecule has 0 aromatic carbocycles. The highest BCUT2D eigenvalue weighted by molar-refractivity contribution is 5.81. The second kappa shape index (κ2) is 3.66. The molecule has 0 N–H and O–H groups in total. The van der Waals surface area contributed by atoms with E-state index in [2.05, 4.69) is 5.10 Å². The highest BCUT2D eigenvalue weighted by Gasteiger charge is 2.46. The van der Waals surface area contributed by atoms with Crippen LogP contribution in [0.1, 0.15) is 18.0 Å². The van der Waals surface area contributed by atoms with Gasteiger partial charge in [0, 0.05) is 37.8 Å². The zero-order valence-corrected chi connectivity index (χ0v) is 9.17. The Labute approximate surface area is 88.6 Å². The molecular weight excluding hydrogens is 194 g/mol. The maximum Gasteiger partial charge on any atom is 0.249 e. The van der Waals surface area contributed by atoms with Crippen molar-refractivity contribution in [2.75, 3.05) is 14.2 Å². The minimum atomic E-state index is 0.0451. The van der Waals surface area contributed by atoms with Crippen LogP contribution >= 0.6 is 0 Å². The highest BCUT2D eigenvalue weighted by Crippen LogP contribution is 2.47. The van der Waals surface area contributed by atoms with Crippen molar-refractivity contribution >= 4 is 5.91 Å². The molecule has 1 aliphatic rings. The lowest BCUT2D eigenvalue weighted by atomic mass is 10.2. The Morgan fingerprint density at radius 2 is 2.47 bits per heavy atom. The Bertz CT molecular complexity index is 374. The fraction of sp³-hybridized carbons (Fsp3) is 0.600. The molecule has 2 atom stereocenters. The smallest absolute Gasteiger partial charge is 0.249 e. The number of aromatic nitrogens is 2. The molecule has 1 fully saturated rings. The Morgan fingerprint density at radius 1 is 1.73 bits per heavy atom. The SMILES string of the molecule is CON(C)C(=O)[C@@H]1C[C@H]1c1ccnn1C. The van der Waals surface area contributed by atoms with Gasteiger partial charge >= 0.3 is 0 Å². The summed E-state index contributed by atoms with van der Waals surface area (Å²) in [5, 5.41) is 5.39. The summed E-state index contributed by atoms with van der Waals surface area (Å²) in [7, 11) is 5.04. The van der Waals surface area contributed by atoms with Crippen molar-refractivity contribution in [3.05, 3.63) is 18.0 Å². The zero-order chi connectivity index (χ0) is 11.0. The Balaban J connectivity index is 2.02. The third-order valence-electron chi connectivity index (χ3n) is 2.93. The Hall–Kier alpha value is -1.36. The van der Waals surface area contributed by atoms with Crippen LogP contribution in [0.5, 0.6) is 0 Å². The molecule has 0 unspecified atom stereocenters. The minimum absolute atomic E-state index is 0.0451. The summed E-state index contributed by atoms with van der Waals surface area (Å²) in [5.41, 5.74) is 1.12. The summed E-state index contributed by atoms with van der Waals surface area (Å²) in [6.07, 6.45) is 2.65. The largest absolute Gasteiger partial charge is 0.275 e. The molecule has 2 rings (SSSR count). The lowest BCUT2D eigenvalue weighted by Crippen LogP contribution is -2.27. The molecule has 82 valence electrons. The number of carbonyl (C=O) groups is 1. The third-order valence-corrected chi connectivity index (χ3v) is 2.93. The normalized spacial score (nSPS) is 23.9. The van der Waals surface area contributed by atoms with E-state index in [0.717, 1.165) is 12.1 Å². The van der Waals surface area contributed by atoms with Crippen molar-refractivity contribution in [3.63, 3.8) is 0 Å². The summed E-state index contributed by atoms with van der Waals surface area (Å²) in [6, 6.07) is 1.96. The van der Waals surface area contributed by atoms with E-state index in [1.54, 1.807) is 13.2 Å². The average molecular weight is 209 g/mol. The fourth-order valence-corrected chi connectivity index (χ4v) is 1.87. The summed E-state index contributed by atoms with van der Waals surface area (Å²) < 4.78 is 1.82. The monoisotopic (exact) mass is 209 g/mol. The highest BCUT2D eigenvalue weighted by atomic mass is 16.7. The second-order valence-corrected chi connectivity index (χ2v) is 3.85. The van der Waals surface area contributed by atoms with Gasteiger partial charge in [0.25, 0.3) is 0 Å². The van der Waals surface area contributed by atoms with Crippen LogP contribution in [0, 0.1) is 5.92 Å². The number of amides is 1. The maximum atomic E-state index is 11.7. The quantitative estimate of drug-likeness (QED) is 0.683. The number of hydrogen-bond acceptors (Lipinski definition) is 3. The van der Waals surface area contributed by atoms with Gasteiger partial charge in [0.15, 0.2) is 0 Å². The number of hydrogen-bond donors (Lipinski definition) is 0. The lowest BCUT2D eigenvalue weighted by Gasteiger charge is -2.13. The van der Waals surface area contributed by atoms with E-state index < -0.39 is 0 Å². The van der Waals surface area contributed by atoms with Gasteiger partial charge in [-0.3, -0.25) is 14.3 Å². The van der Waals surface area contributed by atoms with Gasteiger partial charge in [-0.2, -0.15) is 5.10 Å². The van der Waals surface area contributed by atoms with E-state index in [-0.39, 0.29) is 11.8 Å². The predicted octanol–water partition coefficient (Wildman–Crippen LogP) is 0.543. The Kier molecular flexibility index (Phi) is 2.48. The molecule has 1 aliphatic carbocycles. The van der Waals surface area contributed by atoms with Gasteiger partial charge in [-0.25, -0.2) is 5.06 Å². The van der Waals surface area contributed by atoms with Crippen molar-refractivity contribution in [3.8, 4) is 0 Å². The lowest BCUT2D eigenvalue weighted by molar-refractivity contribution is -0.170. The van der Waals surface area contributed by atoms with Crippen molar-refractivity contribution in [2.24, 2.45) is 13.0 Å². The van der Waals surface area contributed by atoms with Crippen LogP contribution in [0.15, 0.2) is 12.3 Å². The van der Waals surface area contributed by atoms with Crippen LogP contribution in [0.4, 0.5) is 0 Å². The van der Waals surface area contributed by atoms with Crippen LogP contribution in [0.2, 0.25) is 0 Å². The van der Waals surface area contributed by atoms with Crippen LogP contribution < -0.4 is 0 Å². The third kappa shape index (κ3) is 1.74. The van der Waals surface area contributed by atoms with Gasteiger partial charge < -0.3 is 0 Å². The molecule has 0 radical (unpaired) electrons. The number of hydroxylamine groups is 2. The van der Waals surface area contributed by atoms with E-state index in [1.807, 2.05) is 17.8 Å². The number of carbonyl (C=O) groups excluding carboxylic acids is 1. The van der Waals surface area contributed by atoms with E-state index in [1.165, 1.54) is 12.2 Å². The first-order chi connectivity index (χ1) is 7.15. The van der Waals surface area contributed by atoms with Crippen molar-refractivity contribution in [1.82, 2.24) is 14.8 Å². The Morgan fingerprint density at radius 3 is 3.00 bits per heavy atom. The van der Waals surface area contributed by atoms with Crippen LogP contribution in [0.3, 0.4) is 0 Å². The standard InChI is InChI=1S/C10H15N3O2/c1-12-9(4-5-11-12)7-6-8(7)10(14)13(2)15-3/h4-5,7-8H,6H2,1-3H3/t7-,8-/m1/s1. The summed E-state index contributed by atoms with van der Waals surface area (Å²) in [4.78, 5) is 16.6. The summed E-state index contributed by atoms with van der Waals surface area (Å²) in [5.74, 6) is 0.414. The average Bonchev–Trinajstić information content (AvgIpc) is 2.92. The van der Waals surface area contributed by atoms with Crippen molar-refractivity contribution in [1.29, 1.82) is 0 Å². The maximum absolute atomic E-state index is 11.7. The molecule has 1 saturated carbocycles. The van der Waals surface area contributed by atoms with E-state index in [9.17, 15) is 4.79 Å². The van der Waals surface area contributed by atoms with E-state index in [4.69, 9.17) is 4.84 Å². The van der Waals surface area contributed by atoms with Gasteiger partial charge in [-0.15, -0.1) is 0 Å². The van der Waals surface area contributed by atoms with E-state index in [0.29, 0.717) is 5.92 Å². The van der Waals surface area contributed by atoms with E-state index >= 15 is 0 Å². The molecule has 5 nitrogen and oxygen atoms in total. The molecule has 1 amide bonds. The molecule has 15 heavy (non-hydrogen) atoms. The molecule has 0 spiro atoms. The number of nitrogens with zero attached hydrogens (tertiary/aromatic N) is 3. The van der Waals surface area contributed by atoms with Gasteiger partial charge in [-0.05, 0) is 12.5 Å².